The number of rotatable bonds is 18. The van der Waals surface area contributed by atoms with Crippen molar-refractivity contribution < 1.29 is 47.9 Å². The summed E-state index contributed by atoms with van der Waals surface area (Å²) >= 11 is 0. The van der Waals surface area contributed by atoms with E-state index in [1.54, 1.807) is 27.3 Å². The van der Waals surface area contributed by atoms with Gasteiger partial charge in [-0.1, -0.05) is 54.6 Å². The van der Waals surface area contributed by atoms with Crippen LogP contribution in [0, 0.1) is 6.92 Å². The Morgan fingerprint density at radius 3 is 2.10 bits per heavy atom. The van der Waals surface area contributed by atoms with Crippen LogP contribution >= 0.6 is 0 Å². The van der Waals surface area contributed by atoms with E-state index in [9.17, 15) is 19.5 Å². The Hall–Kier alpha value is -5.61. The third kappa shape index (κ3) is 9.39. The van der Waals surface area contributed by atoms with Gasteiger partial charge < -0.3 is 43.2 Å². The number of ether oxygens (including phenoxy) is 7. The molecular weight excluding hydrogens is 748 g/mol. The first kappa shape index (κ1) is 42.0. The predicted molar refractivity (Wildman–Crippen MR) is 213 cm³/mol. The Morgan fingerprint density at radius 1 is 0.897 bits per heavy atom. The quantitative estimate of drug-likeness (QED) is 0.0808. The van der Waals surface area contributed by atoms with E-state index in [1.807, 2.05) is 90.8 Å². The number of aliphatic carboxylic acids is 1. The second-order valence-corrected chi connectivity index (χ2v) is 14.0. The Morgan fingerprint density at radius 2 is 1.53 bits per heavy atom. The molecule has 0 unspecified atom stereocenters. The van der Waals surface area contributed by atoms with Crippen LogP contribution in [0.25, 0.3) is 0 Å². The molecule has 308 valence electrons. The highest BCUT2D eigenvalue weighted by molar-refractivity contribution is 5.86. The van der Waals surface area contributed by atoms with E-state index in [4.69, 9.17) is 38.2 Å². The van der Waals surface area contributed by atoms with Crippen molar-refractivity contribution >= 4 is 23.6 Å². The number of carbonyl (C=O) groups excluding carboxylic acids is 1. The maximum Gasteiger partial charge on any atom is 0.351 e. The van der Waals surface area contributed by atoms with Crippen LogP contribution in [-0.4, -0.2) is 110 Å². The molecule has 2 aliphatic heterocycles. The van der Waals surface area contributed by atoms with Crippen molar-refractivity contribution in [1.82, 2.24) is 14.5 Å². The maximum atomic E-state index is 13.9. The summed E-state index contributed by atoms with van der Waals surface area (Å²) in [6.45, 7) is 2.72. The minimum Gasteiger partial charge on any atom is -0.497 e. The average molecular weight is 799 g/mol. The number of aromatic nitrogens is 2. The molecule has 0 aliphatic carbocycles. The van der Waals surface area contributed by atoms with Crippen LogP contribution in [-0.2, 0) is 38.9 Å². The molecule has 3 heterocycles. The minimum absolute atomic E-state index is 0.0582. The molecule has 4 atom stereocenters. The number of methoxy groups -OCH3 is 3. The lowest BCUT2D eigenvalue weighted by molar-refractivity contribution is -0.162. The van der Waals surface area contributed by atoms with Crippen LogP contribution in [0.5, 0.6) is 11.5 Å². The van der Waals surface area contributed by atoms with E-state index in [0.29, 0.717) is 22.9 Å². The summed E-state index contributed by atoms with van der Waals surface area (Å²) in [6, 6.07) is 24.7. The van der Waals surface area contributed by atoms with Crippen molar-refractivity contribution in [3.8, 4) is 11.5 Å². The van der Waals surface area contributed by atoms with Gasteiger partial charge in [-0.2, -0.15) is 4.98 Å². The van der Waals surface area contributed by atoms with Gasteiger partial charge in [0.05, 0.1) is 46.9 Å². The average Bonchev–Trinajstić information content (AvgIpc) is 3.80. The van der Waals surface area contributed by atoms with Crippen LogP contribution in [0.15, 0.2) is 94.8 Å². The van der Waals surface area contributed by atoms with Gasteiger partial charge in [-0.15, -0.1) is 0 Å². The van der Waals surface area contributed by atoms with Gasteiger partial charge in [0.15, 0.2) is 18.1 Å². The summed E-state index contributed by atoms with van der Waals surface area (Å²) in [5.74, 6) is 0.491. The lowest BCUT2D eigenvalue weighted by atomic mass is 9.80. The molecular formula is C43H50N4O11. The minimum atomic E-state index is -1.27. The molecule has 2 aliphatic rings. The van der Waals surface area contributed by atoms with Gasteiger partial charge in [0.1, 0.15) is 35.1 Å². The monoisotopic (exact) mass is 798 g/mol. The first-order valence-electron chi connectivity index (χ1n) is 19.1. The standard InChI is InChI=1S/C43H50N4O11/c1-28-26-47(42(51)45-40(28)44-35-12-9-23-46(35)2)41-39(55-25-24-52-3)38(58-37(50)22-21-36(48)49)34(57-41)27-56-43(29-10-7-6-8-11-29,30-13-17-32(53-4)18-14-30)31-15-19-33(54-5)20-16-31/h6-8,10-11,13-20,26,34,38-39,41H,9,12,21-25,27H2,1-5H3,(H,48,49)/t34-,38-,39-,41-/m1/s1. The first-order chi connectivity index (χ1) is 28.1. The summed E-state index contributed by atoms with van der Waals surface area (Å²) in [4.78, 5) is 49.7. The fourth-order valence-electron chi connectivity index (χ4n) is 7.27. The molecule has 2 fully saturated rings. The zero-order chi connectivity index (χ0) is 41.2. The molecule has 6 rings (SSSR count). The number of nitrogens with zero attached hydrogens (tertiary/aromatic N) is 4. The van der Waals surface area contributed by atoms with Crippen LogP contribution < -0.4 is 15.2 Å². The predicted octanol–water partition coefficient (Wildman–Crippen LogP) is 5.04. The fourth-order valence-corrected chi connectivity index (χ4v) is 7.27. The molecule has 0 amide bonds. The highest BCUT2D eigenvalue weighted by Gasteiger charge is 2.51. The molecule has 4 aromatic rings. The number of carboxylic acid groups (broad SMARTS) is 1. The molecule has 15 nitrogen and oxygen atoms in total. The molecule has 0 radical (unpaired) electrons. The maximum absolute atomic E-state index is 13.9. The van der Waals surface area contributed by atoms with Crippen molar-refractivity contribution in [3.05, 3.63) is 118 Å². The van der Waals surface area contributed by atoms with Crippen LogP contribution in [0.1, 0.15) is 54.2 Å². The van der Waals surface area contributed by atoms with Gasteiger partial charge in [0.2, 0.25) is 0 Å². The van der Waals surface area contributed by atoms with Crippen LogP contribution in [0.2, 0.25) is 0 Å². The highest BCUT2D eigenvalue weighted by Crippen LogP contribution is 2.43. The van der Waals surface area contributed by atoms with Crippen molar-refractivity contribution in [3.63, 3.8) is 0 Å². The topological polar surface area (TPSA) is 169 Å². The van der Waals surface area contributed by atoms with Crippen molar-refractivity contribution in [2.24, 2.45) is 4.99 Å². The number of carbonyl (C=O) groups is 2. The lowest BCUT2D eigenvalue weighted by Crippen LogP contribution is -2.43. The number of likely N-dealkylation sites (tertiary alicyclic amines) is 1. The normalized spacial score (nSPS) is 20.0. The summed E-state index contributed by atoms with van der Waals surface area (Å²) in [7, 11) is 6.65. The van der Waals surface area contributed by atoms with Gasteiger partial charge in [-0.25, -0.2) is 9.79 Å². The van der Waals surface area contributed by atoms with Gasteiger partial charge >= 0.3 is 17.6 Å². The molecule has 2 saturated heterocycles. The van der Waals surface area contributed by atoms with Crippen LogP contribution in [0.4, 0.5) is 5.82 Å². The number of aliphatic imine (C=N–C) groups is 1. The second-order valence-electron chi connectivity index (χ2n) is 14.0. The molecule has 0 saturated carbocycles. The summed E-state index contributed by atoms with van der Waals surface area (Å²) in [6.07, 6.45) is -1.92. The number of amidine groups is 1. The molecule has 1 aromatic heterocycles. The number of hydrogen-bond acceptors (Lipinski definition) is 12. The summed E-state index contributed by atoms with van der Waals surface area (Å²) in [5, 5.41) is 9.35. The van der Waals surface area contributed by atoms with Gasteiger partial charge in [0, 0.05) is 38.9 Å². The summed E-state index contributed by atoms with van der Waals surface area (Å²) < 4.78 is 43.8. The molecule has 3 aromatic carbocycles. The van der Waals surface area contributed by atoms with Gasteiger partial charge in [0.25, 0.3) is 0 Å². The van der Waals surface area contributed by atoms with Crippen molar-refractivity contribution in [1.29, 1.82) is 0 Å². The molecule has 1 N–H and O–H groups in total. The Labute approximate surface area is 337 Å². The van der Waals surface area contributed by atoms with E-state index in [2.05, 4.69) is 4.98 Å². The van der Waals surface area contributed by atoms with E-state index >= 15 is 0 Å². The number of benzene rings is 3. The van der Waals surface area contributed by atoms with E-state index in [1.165, 1.54) is 11.7 Å². The van der Waals surface area contributed by atoms with E-state index in [-0.39, 0.29) is 19.8 Å². The number of hydrogen-bond donors (Lipinski definition) is 1. The Kier molecular flexibility index (Phi) is 13.9. The number of carboxylic acids is 1. The third-order valence-corrected chi connectivity index (χ3v) is 10.3. The van der Waals surface area contributed by atoms with Crippen LogP contribution in [0.3, 0.4) is 0 Å². The third-order valence-electron chi connectivity index (χ3n) is 10.3. The first-order valence-corrected chi connectivity index (χ1v) is 19.1. The lowest BCUT2D eigenvalue weighted by Gasteiger charge is -2.37. The largest absolute Gasteiger partial charge is 0.497 e. The highest BCUT2D eigenvalue weighted by atomic mass is 16.6. The van der Waals surface area contributed by atoms with Gasteiger partial charge in [-0.3, -0.25) is 14.2 Å². The van der Waals surface area contributed by atoms with E-state index < -0.39 is 60.6 Å². The van der Waals surface area contributed by atoms with Crippen molar-refractivity contribution in [2.75, 3.05) is 54.7 Å². The molecule has 15 heteroatoms. The van der Waals surface area contributed by atoms with E-state index in [0.717, 1.165) is 41.9 Å². The zero-order valence-corrected chi connectivity index (χ0v) is 33.4. The Bertz CT molecular complexity index is 2040. The summed E-state index contributed by atoms with van der Waals surface area (Å²) in [5.41, 5.74) is 0.983. The van der Waals surface area contributed by atoms with Crippen molar-refractivity contribution in [2.45, 2.75) is 62.7 Å². The smallest absolute Gasteiger partial charge is 0.351 e. The SMILES string of the molecule is COCCO[C@@H]1[C@H](OC(=O)CCC(=O)O)[C@@H](COC(c2ccccc2)(c2ccc(OC)cc2)c2ccc(OC)cc2)O[C@H]1n1cc(C)c(N=C2CCCN2C)nc1=O. The second kappa shape index (κ2) is 19.2. The Balaban J connectivity index is 1.44. The number of aryl methyl sites for hydroxylation is 1. The zero-order valence-electron chi connectivity index (χ0n) is 33.4. The molecule has 58 heavy (non-hydrogen) atoms. The van der Waals surface area contributed by atoms with Gasteiger partial charge in [-0.05, 0) is 54.3 Å². The number of esters is 1. The molecule has 0 bridgehead atoms. The fraction of sp³-hybridized carbons (Fsp3) is 0.419. The molecule has 0 spiro atoms.